The lowest BCUT2D eigenvalue weighted by atomic mass is 10.2. The van der Waals surface area contributed by atoms with Gasteiger partial charge in [0.25, 0.3) is 0 Å². The van der Waals surface area contributed by atoms with Crippen molar-refractivity contribution in [2.24, 2.45) is 0 Å². The molecule has 0 saturated carbocycles. The summed E-state index contributed by atoms with van der Waals surface area (Å²) in [5.74, 6) is 1.01. The summed E-state index contributed by atoms with van der Waals surface area (Å²) in [6.07, 6.45) is 0. The van der Waals surface area contributed by atoms with Crippen LogP contribution in [0.4, 0.5) is 0 Å². The highest BCUT2D eigenvalue weighted by Gasteiger charge is 1.93. The molecule has 0 atom stereocenters. The van der Waals surface area contributed by atoms with Crippen LogP contribution in [0.1, 0.15) is 11.1 Å². The Kier molecular flexibility index (Phi) is 4.47. The van der Waals surface area contributed by atoms with Gasteiger partial charge >= 0.3 is 0 Å². The third-order valence-corrected chi connectivity index (χ3v) is 3.13. The number of nitrogens with one attached hydrogen (secondary N) is 1. The number of hydrogen-bond acceptors (Lipinski definition) is 2. The molecule has 0 fully saturated rings. The summed E-state index contributed by atoms with van der Waals surface area (Å²) in [6.45, 7) is 0.915. The quantitative estimate of drug-likeness (QED) is 0.620. The maximum absolute atomic E-state index is 3.37. The van der Waals surface area contributed by atoms with Crippen molar-refractivity contribution < 1.29 is 0 Å². The number of rotatable bonds is 5. The minimum Gasteiger partial charge on any atom is -0.259 e. The van der Waals surface area contributed by atoms with E-state index in [0.29, 0.717) is 0 Å². The van der Waals surface area contributed by atoms with Crippen LogP contribution in [0, 0.1) is 0 Å². The molecule has 1 nitrogen and oxygen atoms in total. The van der Waals surface area contributed by atoms with E-state index in [0.717, 1.165) is 12.3 Å². The minimum atomic E-state index is 0.915. The van der Waals surface area contributed by atoms with Crippen LogP contribution >= 0.6 is 11.9 Å². The van der Waals surface area contributed by atoms with E-state index in [1.807, 2.05) is 12.1 Å². The van der Waals surface area contributed by atoms with Crippen molar-refractivity contribution >= 4 is 11.9 Å². The normalized spacial score (nSPS) is 10.2. The van der Waals surface area contributed by atoms with Crippen molar-refractivity contribution in [2.75, 3.05) is 0 Å². The summed E-state index contributed by atoms with van der Waals surface area (Å²) in [5.41, 5.74) is 2.68. The molecule has 0 heterocycles. The Hall–Kier alpha value is -1.25. The van der Waals surface area contributed by atoms with Gasteiger partial charge in [-0.2, -0.15) is 0 Å². The van der Waals surface area contributed by atoms with Gasteiger partial charge < -0.3 is 0 Å². The molecule has 0 aliphatic rings. The van der Waals surface area contributed by atoms with Crippen molar-refractivity contribution in [3.63, 3.8) is 0 Å². The molecule has 0 radical (unpaired) electrons. The fourth-order valence-corrected chi connectivity index (χ4v) is 2.17. The first-order valence-electron chi connectivity index (χ1n) is 5.37. The Bertz CT molecular complexity index is 358. The third kappa shape index (κ3) is 3.72. The SMILES string of the molecule is c1ccc(CNSCc2ccccc2)cc1. The van der Waals surface area contributed by atoms with Gasteiger partial charge in [0.15, 0.2) is 0 Å². The lowest BCUT2D eigenvalue weighted by Gasteiger charge is -2.04. The maximum Gasteiger partial charge on any atom is 0.0330 e. The Morgan fingerprint density at radius 1 is 0.750 bits per heavy atom. The van der Waals surface area contributed by atoms with Crippen LogP contribution in [0.15, 0.2) is 60.7 Å². The molecule has 0 aliphatic carbocycles. The topological polar surface area (TPSA) is 12.0 Å². The minimum absolute atomic E-state index is 0.915. The van der Waals surface area contributed by atoms with E-state index in [-0.39, 0.29) is 0 Å². The van der Waals surface area contributed by atoms with Gasteiger partial charge in [0.1, 0.15) is 0 Å². The molecule has 1 N–H and O–H groups in total. The zero-order chi connectivity index (χ0) is 11.1. The maximum atomic E-state index is 3.37. The van der Waals surface area contributed by atoms with E-state index < -0.39 is 0 Å². The average molecular weight is 229 g/mol. The molecule has 0 aromatic heterocycles. The number of benzene rings is 2. The monoisotopic (exact) mass is 229 g/mol. The van der Waals surface area contributed by atoms with Crippen LogP contribution in [0.3, 0.4) is 0 Å². The molecule has 2 aromatic rings. The molecule has 0 bridgehead atoms. The largest absolute Gasteiger partial charge is 0.259 e. The summed E-state index contributed by atoms with van der Waals surface area (Å²) in [7, 11) is 0. The van der Waals surface area contributed by atoms with Crippen LogP contribution < -0.4 is 4.72 Å². The summed E-state index contributed by atoms with van der Waals surface area (Å²) in [6, 6.07) is 20.9. The molecule has 16 heavy (non-hydrogen) atoms. The van der Waals surface area contributed by atoms with Gasteiger partial charge in [-0.3, -0.25) is 4.72 Å². The van der Waals surface area contributed by atoms with Crippen LogP contribution in [0.5, 0.6) is 0 Å². The highest BCUT2D eigenvalue weighted by atomic mass is 32.2. The highest BCUT2D eigenvalue weighted by Crippen LogP contribution is 2.09. The van der Waals surface area contributed by atoms with Crippen LogP contribution in [0.2, 0.25) is 0 Å². The number of hydrogen-bond donors (Lipinski definition) is 1. The summed E-state index contributed by atoms with van der Waals surface area (Å²) >= 11 is 1.75. The standard InChI is InChI=1S/C14H15NS/c1-3-7-13(8-4-1)11-15-16-12-14-9-5-2-6-10-14/h1-10,15H,11-12H2. The third-order valence-electron chi connectivity index (χ3n) is 2.30. The van der Waals surface area contributed by atoms with Gasteiger partial charge in [-0.05, 0) is 11.1 Å². The van der Waals surface area contributed by atoms with E-state index in [1.54, 1.807) is 11.9 Å². The first-order valence-corrected chi connectivity index (χ1v) is 6.36. The van der Waals surface area contributed by atoms with Gasteiger partial charge in [-0.25, -0.2) is 0 Å². The Balaban J connectivity index is 1.70. The van der Waals surface area contributed by atoms with Crippen molar-refractivity contribution in [3.05, 3.63) is 71.8 Å². The van der Waals surface area contributed by atoms with Gasteiger partial charge in [0, 0.05) is 12.3 Å². The van der Waals surface area contributed by atoms with E-state index in [9.17, 15) is 0 Å². The molecule has 2 rings (SSSR count). The molecule has 0 unspecified atom stereocenters. The smallest absolute Gasteiger partial charge is 0.0330 e. The van der Waals surface area contributed by atoms with Gasteiger partial charge in [0.2, 0.25) is 0 Å². The van der Waals surface area contributed by atoms with Crippen LogP contribution in [-0.4, -0.2) is 0 Å². The lowest BCUT2D eigenvalue weighted by Crippen LogP contribution is -2.03. The molecule has 2 heteroatoms. The second kappa shape index (κ2) is 6.36. The fraction of sp³-hybridized carbons (Fsp3) is 0.143. The lowest BCUT2D eigenvalue weighted by molar-refractivity contribution is 0.974. The van der Waals surface area contributed by atoms with Gasteiger partial charge in [0.05, 0.1) is 0 Å². The van der Waals surface area contributed by atoms with Crippen molar-refractivity contribution in [2.45, 2.75) is 12.3 Å². The predicted octanol–water partition coefficient (Wildman–Crippen LogP) is 3.62. The molecule has 0 amide bonds. The van der Waals surface area contributed by atoms with Crippen LogP contribution in [-0.2, 0) is 12.3 Å². The molecular weight excluding hydrogens is 214 g/mol. The summed E-state index contributed by atoms with van der Waals surface area (Å²) in [4.78, 5) is 0. The van der Waals surface area contributed by atoms with Crippen LogP contribution in [0.25, 0.3) is 0 Å². The molecule has 0 spiro atoms. The zero-order valence-electron chi connectivity index (χ0n) is 9.10. The van der Waals surface area contributed by atoms with Gasteiger partial charge in [-0.1, -0.05) is 72.6 Å². The van der Waals surface area contributed by atoms with Crippen molar-refractivity contribution in [1.82, 2.24) is 4.72 Å². The molecular formula is C14H15NS. The van der Waals surface area contributed by atoms with Gasteiger partial charge in [-0.15, -0.1) is 0 Å². The Morgan fingerprint density at radius 2 is 1.31 bits per heavy atom. The Labute approximate surface area is 101 Å². The van der Waals surface area contributed by atoms with E-state index in [4.69, 9.17) is 0 Å². The second-order valence-electron chi connectivity index (χ2n) is 3.58. The summed E-state index contributed by atoms with van der Waals surface area (Å²) < 4.78 is 3.37. The predicted molar refractivity (Wildman–Crippen MR) is 71.0 cm³/mol. The molecule has 0 saturated heterocycles. The van der Waals surface area contributed by atoms with Crippen molar-refractivity contribution in [1.29, 1.82) is 0 Å². The van der Waals surface area contributed by atoms with E-state index in [1.165, 1.54) is 11.1 Å². The molecule has 2 aromatic carbocycles. The highest BCUT2D eigenvalue weighted by molar-refractivity contribution is 7.96. The van der Waals surface area contributed by atoms with E-state index in [2.05, 4.69) is 53.3 Å². The second-order valence-corrected chi connectivity index (χ2v) is 4.45. The Morgan fingerprint density at radius 3 is 1.94 bits per heavy atom. The average Bonchev–Trinajstić information content (AvgIpc) is 2.37. The first kappa shape index (κ1) is 11.2. The molecule has 0 aliphatic heterocycles. The van der Waals surface area contributed by atoms with Crippen molar-refractivity contribution in [3.8, 4) is 0 Å². The molecule has 82 valence electrons. The summed E-state index contributed by atoms with van der Waals surface area (Å²) in [5, 5.41) is 0. The fourth-order valence-electron chi connectivity index (χ4n) is 1.44. The zero-order valence-corrected chi connectivity index (χ0v) is 9.91. The first-order chi connectivity index (χ1) is 7.95. The van der Waals surface area contributed by atoms with E-state index >= 15 is 0 Å².